The molecule has 2 aromatic rings. The average molecular weight is 288 g/mol. The van der Waals surface area contributed by atoms with Crippen LogP contribution in [0.4, 0.5) is 4.39 Å². The summed E-state index contributed by atoms with van der Waals surface area (Å²) in [4.78, 5) is 20.2. The van der Waals surface area contributed by atoms with Gasteiger partial charge in [-0.3, -0.25) is 9.97 Å². The van der Waals surface area contributed by atoms with E-state index >= 15 is 0 Å². The van der Waals surface area contributed by atoms with Gasteiger partial charge in [0.25, 0.3) is 0 Å². The second-order valence-electron chi connectivity index (χ2n) is 4.55. The predicted molar refractivity (Wildman–Crippen MR) is 77.4 cm³/mol. The van der Waals surface area contributed by atoms with Crippen molar-refractivity contribution in [1.82, 2.24) is 9.97 Å². The van der Waals surface area contributed by atoms with E-state index in [9.17, 15) is 9.18 Å². The van der Waals surface area contributed by atoms with E-state index in [2.05, 4.69) is 9.97 Å². The van der Waals surface area contributed by atoms with E-state index in [1.165, 1.54) is 6.07 Å². The fourth-order valence-electron chi connectivity index (χ4n) is 2.04. The summed E-state index contributed by atoms with van der Waals surface area (Å²) in [6, 6.07) is 4.73. The lowest BCUT2D eigenvalue weighted by molar-refractivity contribution is 0.0524. The molecule has 0 unspecified atom stereocenters. The highest BCUT2D eigenvalue weighted by atomic mass is 19.1. The number of hydrogen-bond acceptors (Lipinski definition) is 4. The minimum Gasteiger partial charge on any atom is -0.462 e. The van der Waals surface area contributed by atoms with Crippen LogP contribution in [0.2, 0.25) is 0 Å². The Kier molecular flexibility index (Phi) is 4.98. The second kappa shape index (κ2) is 6.92. The molecule has 0 aliphatic carbocycles. The van der Waals surface area contributed by atoms with Crippen LogP contribution in [-0.4, -0.2) is 22.5 Å². The minimum absolute atomic E-state index is 0.319. The summed E-state index contributed by atoms with van der Waals surface area (Å²) < 4.78 is 18.3. The molecule has 2 aromatic heterocycles. The Morgan fingerprint density at radius 3 is 2.76 bits per heavy atom. The Bertz CT molecular complexity index is 644. The Balaban J connectivity index is 2.42. The van der Waals surface area contributed by atoms with Crippen LogP contribution in [0.15, 0.2) is 30.6 Å². The molecule has 0 aromatic carbocycles. The molecule has 0 spiro atoms. The van der Waals surface area contributed by atoms with E-state index in [4.69, 9.17) is 4.74 Å². The third kappa shape index (κ3) is 3.62. The van der Waals surface area contributed by atoms with Crippen molar-refractivity contribution < 1.29 is 13.9 Å². The van der Waals surface area contributed by atoms with Crippen molar-refractivity contribution in [3.63, 3.8) is 0 Å². The van der Waals surface area contributed by atoms with Gasteiger partial charge in [-0.05, 0) is 31.5 Å². The number of pyridine rings is 2. The van der Waals surface area contributed by atoms with Gasteiger partial charge < -0.3 is 4.74 Å². The number of esters is 1. The van der Waals surface area contributed by atoms with Gasteiger partial charge in [-0.15, -0.1) is 0 Å². The lowest BCUT2D eigenvalue weighted by atomic mass is 10.1. The molecule has 2 heterocycles. The summed E-state index contributed by atoms with van der Waals surface area (Å²) >= 11 is 0. The van der Waals surface area contributed by atoms with Crippen molar-refractivity contribution >= 4 is 5.97 Å². The maximum atomic E-state index is 13.2. The second-order valence-corrected chi connectivity index (χ2v) is 4.55. The van der Waals surface area contributed by atoms with Gasteiger partial charge >= 0.3 is 5.97 Å². The molecule has 0 saturated heterocycles. The first-order valence-electron chi connectivity index (χ1n) is 6.93. The summed E-state index contributed by atoms with van der Waals surface area (Å²) in [5.41, 5.74) is 2.31. The number of rotatable bonds is 5. The normalized spacial score (nSPS) is 10.4. The topological polar surface area (TPSA) is 52.1 Å². The molecule has 0 saturated carbocycles. The molecule has 2 rings (SSSR count). The third-order valence-corrected chi connectivity index (χ3v) is 2.96. The van der Waals surface area contributed by atoms with Crippen molar-refractivity contribution in [1.29, 1.82) is 0 Å². The van der Waals surface area contributed by atoms with Gasteiger partial charge in [0, 0.05) is 11.8 Å². The molecule has 0 radical (unpaired) electrons. The van der Waals surface area contributed by atoms with Gasteiger partial charge in [0.05, 0.1) is 29.8 Å². The van der Waals surface area contributed by atoms with E-state index in [-0.39, 0.29) is 5.97 Å². The number of aromatic nitrogens is 2. The number of aryl methyl sites for hydroxylation is 1. The van der Waals surface area contributed by atoms with Crippen LogP contribution in [0, 0.1) is 5.82 Å². The molecule has 0 aliphatic heterocycles. The summed E-state index contributed by atoms with van der Waals surface area (Å²) in [5, 5.41) is 0. The van der Waals surface area contributed by atoms with Gasteiger partial charge in [-0.1, -0.05) is 13.3 Å². The van der Waals surface area contributed by atoms with Crippen LogP contribution in [-0.2, 0) is 11.2 Å². The average Bonchev–Trinajstić information content (AvgIpc) is 2.48. The number of carbonyl (C=O) groups excluding carboxylic acids is 1. The Labute approximate surface area is 123 Å². The third-order valence-electron chi connectivity index (χ3n) is 2.96. The molecular weight excluding hydrogens is 271 g/mol. The highest BCUT2D eigenvalue weighted by Gasteiger charge is 2.15. The summed E-state index contributed by atoms with van der Waals surface area (Å²) in [6.07, 6.45) is 4.20. The predicted octanol–water partition coefficient (Wildman–Crippen LogP) is 3.41. The number of halogens is 1. The van der Waals surface area contributed by atoms with Gasteiger partial charge in [-0.2, -0.15) is 0 Å². The maximum Gasteiger partial charge on any atom is 0.339 e. The number of carbonyl (C=O) groups is 1. The molecule has 4 nitrogen and oxygen atoms in total. The van der Waals surface area contributed by atoms with Gasteiger partial charge in [0.15, 0.2) is 0 Å². The minimum atomic E-state index is -0.416. The summed E-state index contributed by atoms with van der Waals surface area (Å²) in [7, 11) is 0. The zero-order valence-electron chi connectivity index (χ0n) is 12.1. The maximum absolute atomic E-state index is 13.2. The number of nitrogens with zero attached hydrogens (tertiary/aromatic N) is 2. The zero-order valence-corrected chi connectivity index (χ0v) is 12.1. The quantitative estimate of drug-likeness (QED) is 0.791. The summed E-state index contributed by atoms with van der Waals surface area (Å²) in [5.74, 6) is -0.793. The Hall–Kier alpha value is -2.30. The smallest absolute Gasteiger partial charge is 0.339 e. The van der Waals surface area contributed by atoms with Gasteiger partial charge in [0.1, 0.15) is 5.82 Å². The fourth-order valence-corrected chi connectivity index (χ4v) is 2.04. The molecule has 21 heavy (non-hydrogen) atoms. The molecular formula is C16H17FN2O2. The van der Waals surface area contributed by atoms with Gasteiger partial charge in [0.2, 0.25) is 0 Å². The van der Waals surface area contributed by atoms with Crippen molar-refractivity contribution in [3.8, 4) is 11.3 Å². The lowest BCUT2D eigenvalue weighted by Gasteiger charge is -2.09. The van der Waals surface area contributed by atoms with Crippen LogP contribution in [0.1, 0.15) is 36.3 Å². The van der Waals surface area contributed by atoms with Crippen LogP contribution >= 0.6 is 0 Å². The fraction of sp³-hybridized carbons (Fsp3) is 0.312. The summed E-state index contributed by atoms with van der Waals surface area (Å²) in [6.45, 7) is 4.09. The highest BCUT2D eigenvalue weighted by molar-refractivity contribution is 5.91. The lowest BCUT2D eigenvalue weighted by Crippen LogP contribution is -2.10. The van der Waals surface area contributed by atoms with Crippen LogP contribution in [0.25, 0.3) is 11.3 Å². The molecule has 0 N–H and O–H groups in total. The van der Waals surface area contributed by atoms with E-state index < -0.39 is 5.82 Å². The largest absolute Gasteiger partial charge is 0.462 e. The standard InChI is InChI=1S/C16H17FN2O2/c1-3-5-15-13(16(20)21-4-2)6-7-14(19-15)11-8-12(17)10-18-9-11/h6-10H,3-5H2,1-2H3. The number of ether oxygens (including phenoxy) is 1. The SMILES string of the molecule is CCCc1nc(-c2cncc(F)c2)ccc1C(=O)OCC. The van der Waals surface area contributed by atoms with Crippen LogP contribution in [0.3, 0.4) is 0 Å². The molecule has 0 amide bonds. The molecule has 0 bridgehead atoms. The van der Waals surface area contributed by atoms with E-state index in [0.717, 1.165) is 12.6 Å². The Morgan fingerprint density at radius 1 is 1.29 bits per heavy atom. The van der Waals surface area contributed by atoms with Gasteiger partial charge in [-0.25, -0.2) is 9.18 Å². The zero-order chi connectivity index (χ0) is 15.2. The first-order valence-corrected chi connectivity index (χ1v) is 6.93. The van der Waals surface area contributed by atoms with E-state index in [0.29, 0.717) is 35.5 Å². The van der Waals surface area contributed by atoms with Crippen molar-refractivity contribution in [3.05, 3.63) is 47.7 Å². The molecule has 5 heteroatoms. The first kappa shape index (κ1) is 15.1. The molecule has 110 valence electrons. The Morgan fingerprint density at radius 2 is 2.10 bits per heavy atom. The molecule has 0 aliphatic rings. The first-order chi connectivity index (χ1) is 10.2. The van der Waals surface area contributed by atoms with E-state index in [1.807, 2.05) is 6.92 Å². The van der Waals surface area contributed by atoms with Crippen molar-refractivity contribution in [2.24, 2.45) is 0 Å². The number of hydrogen-bond donors (Lipinski definition) is 0. The van der Waals surface area contributed by atoms with Crippen molar-refractivity contribution in [2.45, 2.75) is 26.7 Å². The van der Waals surface area contributed by atoms with Crippen LogP contribution in [0.5, 0.6) is 0 Å². The van der Waals surface area contributed by atoms with Crippen molar-refractivity contribution in [2.75, 3.05) is 6.61 Å². The van der Waals surface area contributed by atoms with E-state index in [1.54, 1.807) is 25.3 Å². The van der Waals surface area contributed by atoms with Crippen LogP contribution < -0.4 is 0 Å². The molecule has 0 atom stereocenters. The highest BCUT2D eigenvalue weighted by Crippen LogP contribution is 2.20. The monoisotopic (exact) mass is 288 g/mol. The molecule has 0 fully saturated rings.